The van der Waals surface area contributed by atoms with E-state index in [4.69, 9.17) is 9.15 Å². The average molecular weight is 406 g/mol. The van der Waals surface area contributed by atoms with E-state index in [0.29, 0.717) is 29.0 Å². The minimum atomic E-state index is -0.417. The zero-order valence-electron chi connectivity index (χ0n) is 16.6. The first-order valence-electron chi connectivity index (χ1n) is 9.92. The maximum Gasteiger partial charge on any atom is 0.336 e. The fourth-order valence-corrected chi connectivity index (χ4v) is 3.17. The summed E-state index contributed by atoms with van der Waals surface area (Å²) in [6.07, 6.45) is 2.73. The highest BCUT2D eigenvalue weighted by Gasteiger charge is 2.23. The average Bonchev–Trinajstić information content (AvgIpc) is 3.55. The lowest BCUT2D eigenvalue weighted by atomic mass is 10.1. The summed E-state index contributed by atoms with van der Waals surface area (Å²) in [5.41, 5.74) is 1.92. The molecule has 7 nitrogen and oxygen atoms in total. The van der Waals surface area contributed by atoms with Crippen molar-refractivity contribution < 1.29 is 18.7 Å². The van der Waals surface area contributed by atoms with Crippen molar-refractivity contribution in [3.05, 3.63) is 70.1 Å². The molecule has 0 bridgehead atoms. The van der Waals surface area contributed by atoms with Gasteiger partial charge in [0.1, 0.15) is 11.3 Å². The van der Waals surface area contributed by atoms with Crippen LogP contribution in [0.3, 0.4) is 0 Å². The Bertz CT molecular complexity index is 1160. The van der Waals surface area contributed by atoms with E-state index in [1.807, 2.05) is 13.0 Å². The first kappa shape index (κ1) is 19.7. The number of fused-ring (bicyclic) bond motifs is 1. The molecular weight excluding hydrogens is 384 g/mol. The Hall–Kier alpha value is -3.61. The van der Waals surface area contributed by atoms with Crippen LogP contribution in [0.4, 0.5) is 5.69 Å². The molecule has 3 aromatic rings. The second-order valence-electron chi connectivity index (χ2n) is 7.27. The van der Waals surface area contributed by atoms with Crippen LogP contribution in [0.2, 0.25) is 0 Å². The highest BCUT2D eigenvalue weighted by atomic mass is 16.5. The first-order chi connectivity index (χ1) is 14.5. The second kappa shape index (κ2) is 8.41. The van der Waals surface area contributed by atoms with Gasteiger partial charge in [-0.15, -0.1) is 0 Å². The van der Waals surface area contributed by atoms with Gasteiger partial charge in [0, 0.05) is 34.8 Å². The number of anilines is 1. The molecule has 4 rings (SSSR count). The van der Waals surface area contributed by atoms with Crippen molar-refractivity contribution in [1.29, 1.82) is 0 Å². The summed E-state index contributed by atoms with van der Waals surface area (Å²) < 4.78 is 10.8. The number of amides is 2. The van der Waals surface area contributed by atoms with Gasteiger partial charge in [0.25, 0.3) is 11.8 Å². The summed E-state index contributed by atoms with van der Waals surface area (Å²) in [5, 5.41) is 6.48. The van der Waals surface area contributed by atoms with Gasteiger partial charge in [-0.3, -0.25) is 9.59 Å². The Balaban J connectivity index is 1.39. The van der Waals surface area contributed by atoms with Crippen molar-refractivity contribution in [1.82, 2.24) is 5.32 Å². The van der Waals surface area contributed by atoms with Gasteiger partial charge in [0.05, 0.1) is 0 Å². The van der Waals surface area contributed by atoms with E-state index in [1.54, 1.807) is 36.4 Å². The van der Waals surface area contributed by atoms with Gasteiger partial charge in [-0.2, -0.15) is 0 Å². The first-order valence-corrected chi connectivity index (χ1v) is 9.92. The van der Waals surface area contributed by atoms with Crippen LogP contribution in [0.25, 0.3) is 11.0 Å². The molecule has 1 aromatic heterocycles. The van der Waals surface area contributed by atoms with Gasteiger partial charge in [0.15, 0.2) is 6.61 Å². The largest absolute Gasteiger partial charge is 0.484 e. The van der Waals surface area contributed by atoms with Crippen molar-refractivity contribution >= 4 is 28.5 Å². The van der Waals surface area contributed by atoms with Crippen molar-refractivity contribution in [2.45, 2.75) is 32.2 Å². The maximum atomic E-state index is 12.3. The highest BCUT2D eigenvalue weighted by molar-refractivity contribution is 5.97. The third-order valence-electron chi connectivity index (χ3n) is 4.87. The molecule has 2 aromatic carbocycles. The van der Waals surface area contributed by atoms with E-state index in [2.05, 4.69) is 10.6 Å². The molecule has 30 heavy (non-hydrogen) atoms. The zero-order chi connectivity index (χ0) is 21.1. The van der Waals surface area contributed by atoms with Gasteiger partial charge in [-0.05, 0) is 55.2 Å². The number of nitrogens with one attached hydrogen (secondary N) is 2. The quantitative estimate of drug-likeness (QED) is 0.587. The van der Waals surface area contributed by atoms with Crippen LogP contribution in [-0.2, 0) is 11.2 Å². The molecule has 0 atom stereocenters. The van der Waals surface area contributed by atoms with Gasteiger partial charge in [-0.1, -0.05) is 13.0 Å². The van der Waals surface area contributed by atoms with Crippen LogP contribution in [-0.4, -0.2) is 24.5 Å². The molecule has 0 aliphatic heterocycles. The molecule has 2 amide bonds. The topological polar surface area (TPSA) is 97.6 Å². The highest BCUT2D eigenvalue weighted by Crippen LogP contribution is 2.23. The summed E-state index contributed by atoms with van der Waals surface area (Å²) >= 11 is 0. The summed E-state index contributed by atoms with van der Waals surface area (Å²) in [6, 6.07) is 13.7. The number of aryl methyl sites for hydroxylation is 1. The van der Waals surface area contributed by atoms with Crippen LogP contribution >= 0.6 is 0 Å². The molecule has 0 saturated heterocycles. The van der Waals surface area contributed by atoms with Crippen molar-refractivity contribution in [2.24, 2.45) is 0 Å². The molecule has 0 unspecified atom stereocenters. The summed E-state index contributed by atoms with van der Waals surface area (Å²) in [5.74, 6) is -0.0841. The molecule has 0 spiro atoms. The van der Waals surface area contributed by atoms with E-state index >= 15 is 0 Å². The summed E-state index contributed by atoms with van der Waals surface area (Å²) in [7, 11) is 0. The Morgan fingerprint density at radius 1 is 1.13 bits per heavy atom. The van der Waals surface area contributed by atoms with Gasteiger partial charge < -0.3 is 19.8 Å². The molecular formula is C23H22N2O5. The van der Waals surface area contributed by atoms with Crippen LogP contribution < -0.4 is 21.0 Å². The zero-order valence-corrected chi connectivity index (χ0v) is 16.6. The number of rotatable bonds is 7. The number of carbonyl (C=O) groups excluding carboxylic acids is 2. The Morgan fingerprint density at radius 2 is 1.97 bits per heavy atom. The lowest BCUT2D eigenvalue weighted by Crippen LogP contribution is -2.25. The third kappa shape index (κ3) is 4.68. The van der Waals surface area contributed by atoms with Crippen LogP contribution in [0.1, 0.15) is 35.7 Å². The Kier molecular flexibility index (Phi) is 5.52. The Labute approximate surface area is 173 Å². The molecule has 0 radical (unpaired) electrons. The van der Waals surface area contributed by atoms with Crippen molar-refractivity contribution in [2.75, 3.05) is 11.9 Å². The Morgan fingerprint density at radius 3 is 2.73 bits per heavy atom. The molecule has 1 fully saturated rings. The molecule has 1 heterocycles. The van der Waals surface area contributed by atoms with Gasteiger partial charge in [0.2, 0.25) is 0 Å². The monoisotopic (exact) mass is 406 g/mol. The number of benzene rings is 2. The van der Waals surface area contributed by atoms with E-state index < -0.39 is 5.63 Å². The maximum absolute atomic E-state index is 12.3. The predicted molar refractivity (Wildman–Crippen MR) is 113 cm³/mol. The molecule has 1 aliphatic rings. The van der Waals surface area contributed by atoms with Crippen LogP contribution in [0.15, 0.2) is 57.7 Å². The SMILES string of the molecule is CCc1cc(=O)oc2cc(OCC(=O)Nc3cccc(C(=O)NC4CC4)c3)ccc12. The minimum Gasteiger partial charge on any atom is -0.484 e. The van der Waals surface area contributed by atoms with E-state index in [0.717, 1.165) is 23.8 Å². The number of hydrogen-bond acceptors (Lipinski definition) is 5. The lowest BCUT2D eigenvalue weighted by molar-refractivity contribution is -0.118. The fraction of sp³-hybridized carbons (Fsp3) is 0.261. The summed E-state index contributed by atoms with van der Waals surface area (Å²) in [4.78, 5) is 36.1. The molecule has 2 N–H and O–H groups in total. The van der Waals surface area contributed by atoms with Gasteiger partial charge in [-0.25, -0.2) is 4.79 Å². The predicted octanol–water partition coefficient (Wildman–Crippen LogP) is 3.27. The van der Waals surface area contributed by atoms with Crippen molar-refractivity contribution in [3.63, 3.8) is 0 Å². The molecule has 1 saturated carbocycles. The fourth-order valence-electron chi connectivity index (χ4n) is 3.17. The van der Waals surface area contributed by atoms with Gasteiger partial charge >= 0.3 is 5.63 Å². The van der Waals surface area contributed by atoms with E-state index in [9.17, 15) is 14.4 Å². The lowest BCUT2D eigenvalue weighted by Gasteiger charge is -2.10. The standard InChI is InChI=1S/C23H22N2O5/c1-2-14-11-22(27)30-20-12-18(8-9-19(14)20)29-13-21(26)24-17-5-3-4-15(10-17)23(28)25-16-6-7-16/h3-5,8-12,16H,2,6-7,13H2,1H3,(H,24,26)(H,25,28). The van der Waals surface area contributed by atoms with E-state index in [1.165, 1.54) is 6.07 Å². The molecule has 7 heteroatoms. The summed E-state index contributed by atoms with van der Waals surface area (Å²) in [6.45, 7) is 1.75. The normalized spacial score (nSPS) is 13.1. The van der Waals surface area contributed by atoms with Crippen LogP contribution in [0.5, 0.6) is 5.75 Å². The smallest absolute Gasteiger partial charge is 0.336 e. The minimum absolute atomic E-state index is 0.144. The van der Waals surface area contributed by atoms with Crippen LogP contribution in [0, 0.1) is 0 Å². The second-order valence-corrected chi connectivity index (χ2v) is 7.27. The van der Waals surface area contributed by atoms with Crippen molar-refractivity contribution in [3.8, 4) is 5.75 Å². The number of hydrogen-bond donors (Lipinski definition) is 2. The van der Waals surface area contributed by atoms with E-state index in [-0.39, 0.29) is 24.5 Å². The third-order valence-corrected chi connectivity index (χ3v) is 4.87. The number of ether oxygens (including phenoxy) is 1. The molecule has 154 valence electrons. The number of carbonyl (C=O) groups is 2. The molecule has 1 aliphatic carbocycles.